The minimum atomic E-state index is -4.48. The average molecular weight is 322 g/mol. The normalized spacial score (nSPS) is 24.4. The van der Waals surface area contributed by atoms with Crippen LogP contribution in [-0.4, -0.2) is 31.9 Å². The summed E-state index contributed by atoms with van der Waals surface area (Å²) >= 11 is 0. The van der Waals surface area contributed by atoms with E-state index in [-0.39, 0.29) is 16.9 Å². The molecule has 1 aliphatic rings. The molecule has 0 aliphatic carbocycles. The lowest BCUT2D eigenvalue weighted by Gasteiger charge is -2.21. The van der Waals surface area contributed by atoms with E-state index in [4.69, 9.17) is 5.73 Å². The van der Waals surface area contributed by atoms with Gasteiger partial charge in [-0.2, -0.15) is 17.5 Å². The molecule has 0 amide bonds. The smallest absolute Gasteiger partial charge is 0.330 e. The molecule has 0 radical (unpaired) electrons. The van der Waals surface area contributed by atoms with Gasteiger partial charge in [0.05, 0.1) is 10.5 Å². The standard InChI is InChI=1S/C13H17F3N2O2S/c1-9-6-10(7-17)8-18(9)21(19,20)12-4-2-11(3-5-12)13(14,15)16/h2-5,9-10H,6-8,17H2,1H3. The van der Waals surface area contributed by atoms with Gasteiger partial charge in [-0.15, -0.1) is 0 Å². The maximum absolute atomic E-state index is 12.5. The first-order valence-corrected chi connectivity index (χ1v) is 7.99. The molecule has 21 heavy (non-hydrogen) atoms. The van der Waals surface area contributed by atoms with Crippen LogP contribution in [0.4, 0.5) is 13.2 Å². The number of sulfonamides is 1. The number of nitrogens with zero attached hydrogens (tertiary/aromatic N) is 1. The van der Waals surface area contributed by atoms with E-state index in [1.165, 1.54) is 4.31 Å². The van der Waals surface area contributed by atoms with E-state index in [2.05, 4.69) is 0 Å². The Bertz CT molecular complexity index is 599. The van der Waals surface area contributed by atoms with E-state index >= 15 is 0 Å². The van der Waals surface area contributed by atoms with Crippen molar-refractivity contribution in [2.45, 2.75) is 30.5 Å². The lowest BCUT2D eigenvalue weighted by molar-refractivity contribution is -0.137. The van der Waals surface area contributed by atoms with Crippen molar-refractivity contribution in [2.75, 3.05) is 13.1 Å². The predicted octanol–water partition coefficient (Wildman–Crippen LogP) is 2.06. The number of nitrogens with two attached hydrogens (primary N) is 1. The first-order valence-electron chi connectivity index (χ1n) is 6.55. The van der Waals surface area contributed by atoms with Gasteiger partial charge in [0, 0.05) is 12.6 Å². The van der Waals surface area contributed by atoms with Crippen molar-refractivity contribution < 1.29 is 21.6 Å². The van der Waals surface area contributed by atoms with E-state index < -0.39 is 21.8 Å². The van der Waals surface area contributed by atoms with Gasteiger partial charge in [0.15, 0.2) is 0 Å². The molecule has 1 fully saturated rings. The number of hydrogen-bond donors (Lipinski definition) is 1. The van der Waals surface area contributed by atoms with Crippen LogP contribution in [0.5, 0.6) is 0 Å². The van der Waals surface area contributed by atoms with Crippen molar-refractivity contribution >= 4 is 10.0 Å². The van der Waals surface area contributed by atoms with E-state index in [1.807, 2.05) is 0 Å². The van der Waals surface area contributed by atoms with Crippen molar-refractivity contribution in [1.29, 1.82) is 0 Å². The summed E-state index contributed by atoms with van der Waals surface area (Å²) in [6, 6.07) is 3.37. The van der Waals surface area contributed by atoms with Crippen LogP contribution >= 0.6 is 0 Å². The third-order valence-corrected chi connectivity index (χ3v) is 5.72. The summed E-state index contributed by atoms with van der Waals surface area (Å²) in [5.41, 5.74) is 4.70. The fourth-order valence-corrected chi connectivity index (χ4v) is 4.28. The molecule has 0 bridgehead atoms. The van der Waals surface area contributed by atoms with Gasteiger partial charge < -0.3 is 5.73 Å². The molecule has 4 nitrogen and oxygen atoms in total. The molecule has 0 aromatic heterocycles. The highest BCUT2D eigenvalue weighted by molar-refractivity contribution is 7.89. The van der Waals surface area contributed by atoms with Crippen LogP contribution in [0.1, 0.15) is 18.9 Å². The molecular weight excluding hydrogens is 305 g/mol. The third-order valence-electron chi connectivity index (χ3n) is 3.73. The lowest BCUT2D eigenvalue weighted by atomic mass is 10.1. The summed E-state index contributed by atoms with van der Waals surface area (Å²) < 4.78 is 63.8. The molecule has 1 aliphatic heterocycles. The first-order chi connectivity index (χ1) is 9.66. The van der Waals surface area contributed by atoms with Gasteiger partial charge in [0.2, 0.25) is 10.0 Å². The summed E-state index contributed by atoms with van der Waals surface area (Å²) in [6.07, 6.45) is -3.82. The maximum atomic E-state index is 12.5. The molecule has 0 saturated carbocycles. The van der Waals surface area contributed by atoms with Gasteiger partial charge in [0.25, 0.3) is 0 Å². The molecule has 2 atom stereocenters. The average Bonchev–Trinajstić information content (AvgIpc) is 2.80. The van der Waals surface area contributed by atoms with Crippen molar-refractivity contribution in [3.63, 3.8) is 0 Å². The highest BCUT2D eigenvalue weighted by Gasteiger charge is 2.38. The lowest BCUT2D eigenvalue weighted by Crippen LogP contribution is -2.34. The topological polar surface area (TPSA) is 63.4 Å². The second-order valence-corrected chi connectivity index (χ2v) is 7.17. The monoisotopic (exact) mass is 322 g/mol. The molecule has 2 rings (SSSR count). The zero-order valence-corrected chi connectivity index (χ0v) is 12.3. The maximum Gasteiger partial charge on any atom is 0.416 e. The largest absolute Gasteiger partial charge is 0.416 e. The molecule has 118 valence electrons. The highest BCUT2D eigenvalue weighted by atomic mass is 32.2. The van der Waals surface area contributed by atoms with Crippen molar-refractivity contribution in [1.82, 2.24) is 4.31 Å². The number of rotatable bonds is 3. The van der Waals surface area contributed by atoms with Crippen LogP contribution in [-0.2, 0) is 16.2 Å². The zero-order valence-electron chi connectivity index (χ0n) is 11.5. The number of benzene rings is 1. The summed E-state index contributed by atoms with van der Waals surface area (Å²) in [7, 11) is -3.78. The summed E-state index contributed by atoms with van der Waals surface area (Å²) in [5, 5.41) is 0. The summed E-state index contributed by atoms with van der Waals surface area (Å²) in [4.78, 5) is -0.125. The molecular formula is C13H17F3N2O2S. The second kappa shape index (κ2) is 5.58. The van der Waals surface area contributed by atoms with Gasteiger partial charge >= 0.3 is 6.18 Å². The van der Waals surface area contributed by atoms with Crippen LogP contribution in [0, 0.1) is 5.92 Å². The molecule has 1 saturated heterocycles. The Morgan fingerprint density at radius 3 is 2.29 bits per heavy atom. The quantitative estimate of drug-likeness (QED) is 0.926. The van der Waals surface area contributed by atoms with Crippen molar-refractivity contribution in [3.8, 4) is 0 Å². The SMILES string of the molecule is CC1CC(CN)CN1S(=O)(=O)c1ccc(C(F)(F)F)cc1. The summed E-state index contributed by atoms with van der Waals surface area (Å²) in [6.45, 7) is 2.47. The Morgan fingerprint density at radius 2 is 1.86 bits per heavy atom. The van der Waals surface area contributed by atoms with Gasteiger partial charge in [-0.3, -0.25) is 0 Å². The number of halogens is 3. The molecule has 2 unspecified atom stereocenters. The van der Waals surface area contributed by atoms with Gasteiger partial charge in [-0.25, -0.2) is 8.42 Å². The molecule has 1 aromatic rings. The first kappa shape index (κ1) is 16.3. The fourth-order valence-electron chi connectivity index (χ4n) is 2.57. The highest BCUT2D eigenvalue weighted by Crippen LogP contribution is 2.32. The minimum Gasteiger partial charge on any atom is -0.330 e. The Hall–Kier alpha value is -1.12. The molecule has 2 N–H and O–H groups in total. The minimum absolute atomic E-state index is 0.0872. The van der Waals surface area contributed by atoms with Crippen LogP contribution in [0.25, 0.3) is 0 Å². The van der Waals surface area contributed by atoms with E-state index in [1.54, 1.807) is 6.92 Å². The summed E-state index contributed by atoms with van der Waals surface area (Å²) in [5.74, 6) is 0.0872. The van der Waals surface area contributed by atoms with Crippen LogP contribution in [0.2, 0.25) is 0 Å². The second-order valence-electron chi connectivity index (χ2n) is 5.28. The van der Waals surface area contributed by atoms with Gasteiger partial charge in [-0.1, -0.05) is 0 Å². The van der Waals surface area contributed by atoms with Gasteiger partial charge in [0.1, 0.15) is 0 Å². The van der Waals surface area contributed by atoms with Crippen molar-refractivity contribution in [2.24, 2.45) is 11.7 Å². The van der Waals surface area contributed by atoms with Crippen LogP contribution < -0.4 is 5.73 Å². The molecule has 0 spiro atoms. The Labute approximate surface area is 121 Å². The van der Waals surface area contributed by atoms with Crippen LogP contribution in [0.15, 0.2) is 29.2 Å². The zero-order chi connectivity index (χ0) is 15.8. The fraction of sp³-hybridized carbons (Fsp3) is 0.538. The van der Waals surface area contributed by atoms with E-state index in [0.717, 1.165) is 24.3 Å². The Balaban J connectivity index is 2.28. The number of hydrogen-bond acceptors (Lipinski definition) is 3. The van der Waals surface area contributed by atoms with E-state index in [9.17, 15) is 21.6 Å². The Kier molecular flexibility index (Phi) is 4.32. The van der Waals surface area contributed by atoms with Crippen LogP contribution in [0.3, 0.4) is 0 Å². The predicted molar refractivity (Wildman–Crippen MR) is 72.0 cm³/mol. The van der Waals surface area contributed by atoms with Crippen molar-refractivity contribution in [3.05, 3.63) is 29.8 Å². The van der Waals surface area contributed by atoms with Gasteiger partial charge in [-0.05, 0) is 50.1 Å². The number of alkyl halides is 3. The molecule has 8 heteroatoms. The molecule has 1 heterocycles. The molecule has 1 aromatic carbocycles. The Morgan fingerprint density at radius 1 is 1.29 bits per heavy atom. The van der Waals surface area contributed by atoms with E-state index in [0.29, 0.717) is 19.5 Å². The third kappa shape index (κ3) is 3.22.